The molecule has 0 fully saturated rings. The van der Waals surface area contributed by atoms with Crippen molar-refractivity contribution in [2.75, 3.05) is 5.32 Å². The summed E-state index contributed by atoms with van der Waals surface area (Å²) in [5.41, 5.74) is 4.93. The summed E-state index contributed by atoms with van der Waals surface area (Å²) in [6.07, 6.45) is 0. The number of primary amides is 1. The zero-order valence-electron chi connectivity index (χ0n) is 9.44. The van der Waals surface area contributed by atoms with E-state index in [4.69, 9.17) is 33.1 Å². The second-order valence-electron chi connectivity index (χ2n) is 3.27. The van der Waals surface area contributed by atoms with Gasteiger partial charge in [0.05, 0.1) is 10.6 Å². The second-order valence-corrected chi connectivity index (χ2v) is 3.68. The van der Waals surface area contributed by atoms with Gasteiger partial charge in [0, 0.05) is 5.69 Å². The summed E-state index contributed by atoms with van der Waals surface area (Å²) in [4.78, 5) is 11.1. The van der Waals surface area contributed by atoms with Crippen molar-refractivity contribution in [3.05, 3.63) is 40.1 Å². The zero-order valence-corrected chi connectivity index (χ0v) is 10.2. The molecule has 0 spiro atoms. The van der Waals surface area contributed by atoms with Crippen LogP contribution in [0.1, 0.15) is 10.4 Å². The number of nitrogens with two attached hydrogens (primary N) is 1. The molecule has 1 amide bonds. The van der Waals surface area contributed by atoms with E-state index in [1.807, 2.05) is 0 Å². The highest BCUT2D eigenvalue weighted by molar-refractivity contribution is 6.33. The molecular weight excluding hydrogens is 266 g/mol. The van der Waals surface area contributed by atoms with Gasteiger partial charge in [0.25, 0.3) is 0 Å². The summed E-state index contributed by atoms with van der Waals surface area (Å²) in [5, 5.41) is 28.9. The van der Waals surface area contributed by atoms with Crippen LogP contribution in [0.2, 0.25) is 5.02 Å². The number of allylic oxidation sites excluding steroid dienone is 2. The van der Waals surface area contributed by atoms with Gasteiger partial charge in [-0.2, -0.15) is 15.8 Å². The van der Waals surface area contributed by atoms with Crippen molar-refractivity contribution in [3.8, 4) is 18.2 Å². The van der Waals surface area contributed by atoms with E-state index in [1.54, 1.807) is 18.2 Å². The number of nitriles is 3. The summed E-state index contributed by atoms with van der Waals surface area (Å²) in [5.74, 6) is -0.725. The van der Waals surface area contributed by atoms with Gasteiger partial charge in [-0.1, -0.05) is 11.6 Å². The number of anilines is 1. The molecule has 19 heavy (non-hydrogen) atoms. The molecule has 0 aromatic heterocycles. The van der Waals surface area contributed by atoms with Crippen LogP contribution in [0.25, 0.3) is 0 Å². The maximum atomic E-state index is 11.1. The number of rotatable bonds is 3. The number of amides is 1. The molecule has 1 rings (SSSR count). The molecule has 0 atom stereocenters. The van der Waals surface area contributed by atoms with Gasteiger partial charge in [0.2, 0.25) is 5.91 Å². The van der Waals surface area contributed by atoms with Gasteiger partial charge in [-0.15, -0.1) is 0 Å². The first kappa shape index (κ1) is 14.1. The van der Waals surface area contributed by atoms with E-state index in [2.05, 4.69) is 5.32 Å². The van der Waals surface area contributed by atoms with E-state index in [-0.39, 0.29) is 21.9 Å². The molecule has 0 saturated heterocycles. The maximum Gasteiger partial charge on any atom is 0.250 e. The van der Waals surface area contributed by atoms with Crippen LogP contribution in [0.5, 0.6) is 0 Å². The molecule has 7 heteroatoms. The highest BCUT2D eigenvalue weighted by Gasteiger charge is 2.10. The minimum Gasteiger partial charge on any atom is -0.366 e. The number of hydrogen-bond donors (Lipinski definition) is 2. The van der Waals surface area contributed by atoms with Gasteiger partial charge in [-0.05, 0) is 18.2 Å². The fourth-order valence-electron chi connectivity index (χ4n) is 1.22. The first-order valence-electron chi connectivity index (χ1n) is 4.84. The van der Waals surface area contributed by atoms with E-state index < -0.39 is 5.91 Å². The first-order valence-corrected chi connectivity index (χ1v) is 5.22. The van der Waals surface area contributed by atoms with Crippen molar-refractivity contribution in [1.29, 1.82) is 15.8 Å². The van der Waals surface area contributed by atoms with Crippen LogP contribution in [-0.2, 0) is 0 Å². The third-order valence-electron chi connectivity index (χ3n) is 2.09. The molecule has 92 valence electrons. The van der Waals surface area contributed by atoms with Crippen molar-refractivity contribution >= 4 is 23.2 Å². The van der Waals surface area contributed by atoms with Crippen molar-refractivity contribution in [1.82, 2.24) is 0 Å². The van der Waals surface area contributed by atoms with Gasteiger partial charge < -0.3 is 11.1 Å². The van der Waals surface area contributed by atoms with Crippen LogP contribution >= 0.6 is 11.6 Å². The lowest BCUT2D eigenvalue weighted by atomic mass is 10.1. The topological polar surface area (TPSA) is 126 Å². The Balaban J connectivity index is 3.22. The molecule has 1 aromatic carbocycles. The number of benzene rings is 1. The molecule has 0 radical (unpaired) electrons. The van der Waals surface area contributed by atoms with Crippen LogP contribution < -0.4 is 11.1 Å². The quantitative estimate of drug-likeness (QED) is 0.809. The lowest BCUT2D eigenvalue weighted by Gasteiger charge is -2.07. The molecule has 3 N–H and O–H groups in total. The number of nitrogens with one attached hydrogen (secondary N) is 1. The third kappa shape index (κ3) is 3.23. The summed E-state index contributed by atoms with van der Waals surface area (Å²) in [6, 6.07) is 9.09. The Kier molecular flexibility index (Phi) is 4.49. The molecule has 0 aliphatic carbocycles. The van der Waals surface area contributed by atoms with Crippen molar-refractivity contribution in [2.45, 2.75) is 0 Å². The van der Waals surface area contributed by atoms with E-state index >= 15 is 0 Å². The average molecular weight is 272 g/mol. The standard InChI is InChI=1S/C12H6ClN5O/c13-10-2-1-8(3-9(10)12(17)19)18-11(6-16)7(4-14)5-15/h1-3,18H,(H2,17,19). The Bertz CT molecular complexity index is 672. The third-order valence-corrected chi connectivity index (χ3v) is 2.42. The van der Waals surface area contributed by atoms with Gasteiger partial charge in [-0.25, -0.2) is 0 Å². The Morgan fingerprint density at radius 3 is 2.32 bits per heavy atom. The summed E-state index contributed by atoms with van der Waals surface area (Å²) < 4.78 is 0. The summed E-state index contributed by atoms with van der Waals surface area (Å²) in [6.45, 7) is 0. The number of halogens is 1. The number of hydrogen-bond acceptors (Lipinski definition) is 5. The number of carbonyl (C=O) groups excluding carboxylic acids is 1. The largest absolute Gasteiger partial charge is 0.366 e. The monoisotopic (exact) mass is 271 g/mol. The van der Waals surface area contributed by atoms with E-state index in [1.165, 1.54) is 18.2 Å². The SMILES string of the molecule is N#CC(C#N)=C(C#N)Nc1ccc(Cl)c(C(N)=O)c1. The van der Waals surface area contributed by atoms with Gasteiger partial charge in [-0.3, -0.25) is 4.79 Å². The van der Waals surface area contributed by atoms with Crippen molar-refractivity contribution < 1.29 is 4.79 Å². The minimum absolute atomic E-state index is 0.0689. The van der Waals surface area contributed by atoms with E-state index in [9.17, 15) is 4.79 Å². The van der Waals surface area contributed by atoms with Crippen LogP contribution in [0, 0.1) is 34.0 Å². The predicted octanol–water partition coefficient (Wildman–Crippen LogP) is 1.68. The lowest BCUT2D eigenvalue weighted by molar-refractivity contribution is 0.100. The first-order chi connectivity index (χ1) is 9.03. The molecule has 0 heterocycles. The Labute approximate surface area is 113 Å². The van der Waals surface area contributed by atoms with Crippen LogP contribution in [0.4, 0.5) is 5.69 Å². The second kappa shape index (κ2) is 6.07. The van der Waals surface area contributed by atoms with E-state index in [0.717, 1.165) is 0 Å². The highest BCUT2D eigenvalue weighted by atomic mass is 35.5. The van der Waals surface area contributed by atoms with Gasteiger partial charge in [0.15, 0.2) is 5.57 Å². The molecule has 6 nitrogen and oxygen atoms in total. The minimum atomic E-state index is -0.725. The predicted molar refractivity (Wildman–Crippen MR) is 67.5 cm³/mol. The molecular formula is C12H6ClN5O. The molecule has 0 aliphatic rings. The molecule has 0 bridgehead atoms. The molecule has 0 aliphatic heterocycles. The molecule has 1 aromatic rings. The Morgan fingerprint density at radius 2 is 1.84 bits per heavy atom. The van der Waals surface area contributed by atoms with Gasteiger partial charge in [0.1, 0.15) is 23.9 Å². The normalized spacial score (nSPS) is 8.53. The average Bonchev–Trinajstić information content (AvgIpc) is 2.40. The van der Waals surface area contributed by atoms with Crippen LogP contribution in [-0.4, -0.2) is 5.91 Å². The van der Waals surface area contributed by atoms with Gasteiger partial charge >= 0.3 is 0 Å². The Hall–Kier alpha value is -3.01. The van der Waals surface area contributed by atoms with Crippen LogP contribution in [0.15, 0.2) is 29.5 Å². The lowest BCUT2D eigenvalue weighted by Crippen LogP contribution is -2.12. The Morgan fingerprint density at radius 1 is 1.21 bits per heavy atom. The summed E-state index contributed by atoms with van der Waals surface area (Å²) >= 11 is 5.77. The smallest absolute Gasteiger partial charge is 0.250 e. The molecule has 0 saturated carbocycles. The maximum absolute atomic E-state index is 11.1. The van der Waals surface area contributed by atoms with Crippen LogP contribution in [0.3, 0.4) is 0 Å². The zero-order chi connectivity index (χ0) is 14.4. The van der Waals surface area contributed by atoms with Crippen molar-refractivity contribution in [3.63, 3.8) is 0 Å². The molecule has 0 unspecified atom stereocenters. The number of nitrogens with zero attached hydrogens (tertiary/aromatic N) is 3. The van der Waals surface area contributed by atoms with E-state index in [0.29, 0.717) is 5.69 Å². The number of carbonyl (C=O) groups is 1. The fraction of sp³-hybridized carbons (Fsp3) is 0. The van der Waals surface area contributed by atoms with Crippen molar-refractivity contribution in [2.24, 2.45) is 5.73 Å². The fourth-order valence-corrected chi connectivity index (χ4v) is 1.43. The highest BCUT2D eigenvalue weighted by Crippen LogP contribution is 2.21. The summed E-state index contributed by atoms with van der Waals surface area (Å²) in [7, 11) is 0.